The van der Waals surface area contributed by atoms with Crippen LogP contribution in [0.15, 0.2) is 6.33 Å². The summed E-state index contributed by atoms with van der Waals surface area (Å²) >= 11 is 5.87. The summed E-state index contributed by atoms with van der Waals surface area (Å²) in [5, 5.41) is 12.1. The largest absolute Gasteiger partial charge is 0.395 e. The number of aliphatic hydroxyl groups excluding tert-OH is 1. The molecule has 0 bridgehead atoms. The molecule has 0 aliphatic heterocycles. The van der Waals surface area contributed by atoms with Gasteiger partial charge in [-0.15, -0.1) is 0 Å². The van der Waals surface area contributed by atoms with E-state index < -0.39 is 0 Å². The fraction of sp³-hybridized carbons (Fsp3) is 0.500. The summed E-state index contributed by atoms with van der Waals surface area (Å²) in [7, 11) is 3.58. The molecule has 0 radical (unpaired) electrons. The second-order valence-corrected chi connectivity index (χ2v) is 3.12. The van der Waals surface area contributed by atoms with Crippen LogP contribution in [0.1, 0.15) is 0 Å². The van der Waals surface area contributed by atoms with Gasteiger partial charge in [-0.25, -0.2) is 9.97 Å². The molecule has 14 heavy (non-hydrogen) atoms. The van der Waals surface area contributed by atoms with Crippen molar-refractivity contribution in [2.24, 2.45) is 0 Å². The lowest BCUT2D eigenvalue weighted by molar-refractivity contribution is 0.304. The van der Waals surface area contributed by atoms with Gasteiger partial charge in [0.05, 0.1) is 6.61 Å². The Balaban J connectivity index is 3.00. The van der Waals surface area contributed by atoms with Gasteiger partial charge >= 0.3 is 0 Å². The van der Waals surface area contributed by atoms with Gasteiger partial charge in [0, 0.05) is 20.6 Å². The smallest absolute Gasteiger partial charge is 0.157 e. The van der Waals surface area contributed by atoms with Crippen LogP contribution in [-0.4, -0.2) is 42.3 Å². The Morgan fingerprint density at radius 2 is 2.29 bits per heavy atom. The first-order valence-electron chi connectivity index (χ1n) is 4.21. The summed E-state index contributed by atoms with van der Waals surface area (Å²) in [6, 6.07) is 0. The molecule has 1 heterocycles. The molecular weight excluding hydrogens is 204 g/mol. The first-order chi connectivity index (χ1) is 6.70. The molecule has 78 valence electrons. The zero-order chi connectivity index (χ0) is 10.6. The van der Waals surface area contributed by atoms with Gasteiger partial charge < -0.3 is 15.3 Å². The van der Waals surface area contributed by atoms with E-state index >= 15 is 0 Å². The van der Waals surface area contributed by atoms with Crippen LogP contribution < -0.4 is 10.2 Å². The standard InChI is InChI=1S/C8H13ClN4O/c1-10-6-7(9)11-5-12-8(6)13(2)3-4-14/h5,10,14H,3-4H2,1-2H3. The second-order valence-electron chi connectivity index (χ2n) is 2.76. The van der Waals surface area contributed by atoms with Crippen molar-refractivity contribution >= 4 is 23.1 Å². The van der Waals surface area contributed by atoms with Gasteiger partial charge in [-0.1, -0.05) is 11.6 Å². The maximum atomic E-state index is 8.79. The number of likely N-dealkylation sites (N-methyl/N-ethyl adjacent to an activating group) is 1. The number of halogens is 1. The third-order valence-electron chi connectivity index (χ3n) is 1.83. The van der Waals surface area contributed by atoms with Gasteiger partial charge in [0.25, 0.3) is 0 Å². The van der Waals surface area contributed by atoms with Crippen molar-refractivity contribution in [2.45, 2.75) is 0 Å². The predicted octanol–water partition coefficient (Wildman–Crippen LogP) is 0.600. The first-order valence-corrected chi connectivity index (χ1v) is 4.58. The molecule has 1 aromatic rings. The van der Waals surface area contributed by atoms with Crippen LogP contribution >= 0.6 is 11.6 Å². The van der Waals surface area contributed by atoms with E-state index in [-0.39, 0.29) is 6.61 Å². The number of aliphatic hydroxyl groups is 1. The number of nitrogens with zero attached hydrogens (tertiary/aromatic N) is 3. The van der Waals surface area contributed by atoms with Gasteiger partial charge in [-0.3, -0.25) is 0 Å². The molecule has 0 spiro atoms. The van der Waals surface area contributed by atoms with Crippen LogP contribution in [0.3, 0.4) is 0 Å². The zero-order valence-corrected chi connectivity index (χ0v) is 8.91. The molecule has 2 N–H and O–H groups in total. The van der Waals surface area contributed by atoms with Crippen molar-refractivity contribution in [1.29, 1.82) is 0 Å². The Bertz CT molecular complexity index is 307. The Labute approximate surface area is 87.7 Å². The number of rotatable bonds is 4. The average Bonchev–Trinajstić information content (AvgIpc) is 2.17. The highest BCUT2D eigenvalue weighted by Crippen LogP contribution is 2.27. The minimum Gasteiger partial charge on any atom is -0.395 e. The normalized spacial score (nSPS) is 10.0. The summed E-state index contributed by atoms with van der Waals surface area (Å²) in [4.78, 5) is 9.75. The Morgan fingerprint density at radius 1 is 1.57 bits per heavy atom. The first kappa shape index (κ1) is 11.0. The van der Waals surface area contributed by atoms with E-state index in [1.165, 1.54) is 6.33 Å². The van der Waals surface area contributed by atoms with E-state index in [0.29, 0.717) is 23.2 Å². The van der Waals surface area contributed by atoms with Gasteiger partial charge in [-0.2, -0.15) is 0 Å². The molecule has 1 aromatic heterocycles. The van der Waals surface area contributed by atoms with E-state index in [2.05, 4.69) is 15.3 Å². The summed E-state index contributed by atoms with van der Waals surface area (Å²) < 4.78 is 0. The van der Waals surface area contributed by atoms with Crippen LogP contribution in [0.5, 0.6) is 0 Å². The number of aromatic nitrogens is 2. The van der Waals surface area contributed by atoms with Gasteiger partial charge in [-0.05, 0) is 0 Å². The van der Waals surface area contributed by atoms with Crippen molar-refractivity contribution in [3.05, 3.63) is 11.5 Å². The molecule has 0 aliphatic rings. The van der Waals surface area contributed by atoms with Gasteiger partial charge in [0.2, 0.25) is 0 Å². The van der Waals surface area contributed by atoms with E-state index in [1.54, 1.807) is 11.9 Å². The highest BCUT2D eigenvalue weighted by atomic mass is 35.5. The summed E-state index contributed by atoms with van der Waals surface area (Å²) in [6.45, 7) is 0.573. The molecule has 0 aliphatic carbocycles. The summed E-state index contributed by atoms with van der Waals surface area (Å²) in [5.41, 5.74) is 0.671. The molecule has 0 atom stereocenters. The number of hydrogen-bond donors (Lipinski definition) is 2. The topological polar surface area (TPSA) is 61.3 Å². The average molecular weight is 217 g/mol. The number of anilines is 2. The van der Waals surface area contributed by atoms with Crippen LogP contribution in [0.25, 0.3) is 0 Å². The molecule has 6 heteroatoms. The fourth-order valence-electron chi connectivity index (χ4n) is 1.12. The zero-order valence-electron chi connectivity index (χ0n) is 8.16. The Hall–Kier alpha value is -1.07. The van der Waals surface area contributed by atoms with E-state index in [1.807, 2.05) is 7.05 Å². The number of nitrogens with one attached hydrogen (secondary N) is 1. The third-order valence-corrected chi connectivity index (χ3v) is 2.11. The van der Waals surface area contributed by atoms with Crippen LogP contribution in [0, 0.1) is 0 Å². The predicted molar refractivity (Wildman–Crippen MR) is 56.9 cm³/mol. The highest BCUT2D eigenvalue weighted by Gasteiger charge is 2.11. The lowest BCUT2D eigenvalue weighted by atomic mass is 10.4. The van der Waals surface area contributed by atoms with E-state index in [9.17, 15) is 0 Å². The molecule has 5 nitrogen and oxygen atoms in total. The maximum absolute atomic E-state index is 8.79. The molecule has 0 unspecified atom stereocenters. The molecule has 0 saturated heterocycles. The van der Waals surface area contributed by atoms with Crippen molar-refractivity contribution < 1.29 is 5.11 Å². The molecule has 0 fully saturated rings. The molecular formula is C8H13ClN4O. The lowest BCUT2D eigenvalue weighted by Crippen LogP contribution is -2.23. The van der Waals surface area contributed by atoms with E-state index in [4.69, 9.17) is 16.7 Å². The Kier molecular flexibility index (Phi) is 3.91. The van der Waals surface area contributed by atoms with Gasteiger partial charge in [0.15, 0.2) is 11.0 Å². The minimum atomic E-state index is 0.0707. The third kappa shape index (κ3) is 2.24. The lowest BCUT2D eigenvalue weighted by Gasteiger charge is -2.19. The molecule has 0 saturated carbocycles. The quantitative estimate of drug-likeness (QED) is 0.722. The van der Waals surface area contributed by atoms with Gasteiger partial charge in [0.1, 0.15) is 12.0 Å². The van der Waals surface area contributed by atoms with Crippen LogP contribution in [0.2, 0.25) is 5.15 Å². The SMILES string of the molecule is CNc1c(Cl)ncnc1N(C)CCO. The molecule has 0 amide bonds. The monoisotopic (exact) mass is 216 g/mol. The molecule has 1 rings (SSSR count). The minimum absolute atomic E-state index is 0.0707. The summed E-state index contributed by atoms with van der Waals surface area (Å²) in [5.74, 6) is 0.682. The Morgan fingerprint density at radius 3 is 2.86 bits per heavy atom. The van der Waals surface area contributed by atoms with Crippen molar-refractivity contribution in [1.82, 2.24) is 9.97 Å². The second kappa shape index (κ2) is 4.97. The van der Waals surface area contributed by atoms with Crippen molar-refractivity contribution in [3.8, 4) is 0 Å². The molecule has 0 aromatic carbocycles. The van der Waals surface area contributed by atoms with Crippen molar-refractivity contribution in [3.63, 3.8) is 0 Å². The fourth-order valence-corrected chi connectivity index (χ4v) is 1.34. The van der Waals surface area contributed by atoms with Crippen molar-refractivity contribution in [2.75, 3.05) is 37.5 Å². The number of hydrogen-bond acceptors (Lipinski definition) is 5. The van der Waals surface area contributed by atoms with E-state index in [0.717, 1.165) is 0 Å². The van der Waals surface area contributed by atoms with Crippen LogP contribution in [-0.2, 0) is 0 Å². The van der Waals surface area contributed by atoms with Crippen LogP contribution in [0.4, 0.5) is 11.5 Å². The summed E-state index contributed by atoms with van der Waals surface area (Å²) in [6.07, 6.45) is 1.40. The highest BCUT2D eigenvalue weighted by molar-refractivity contribution is 6.32. The maximum Gasteiger partial charge on any atom is 0.157 e.